The minimum atomic E-state index is -4.02. The van der Waals surface area contributed by atoms with Crippen molar-refractivity contribution in [1.29, 1.82) is 5.26 Å². The third kappa shape index (κ3) is 5.31. The van der Waals surface area contributed by atoms with Gasteiger partial charge in [0.2, 0.25) is 0 Å². The van der Waals surface area contributed by atoms with Crippen LogP contribution in [0.4, 0.5) is 5.69 Å². The molecule has 1 N–H and O–H groups in total. The number of carbonyl (C=O) groups excluding carboxylic acids is 1. The molecule has 168 valence electrons. The fraction of sp³-hybridized carbons (Fsp3) is 0.0370. The Bertz CT molecular complexity index is 1550. The summed E-state index contributed by atoms with van der Waals surface area (Å²) in [6.45, 7) is 1.86. The summed E-state index contributed by atoms with van der Waals surface area (Å²) < 4.78 is 30.3. The molecule has 0 bridgehead atoms. The number of carbonyl (C=O) groups is 1. The van der Waals surface area contributed by atoms with Crippen molar-refractivity contribution >= 4 is 38.6 Å². The molecule has 0 aromatic heterocycles. The highest BCUT2D eigenvalue weighted by atomic mass is 32.2. The van der Waals surface area contributed by atoms with Gasteiger partial charge in [-0.3, -0.25) is 4.79 Å². The molecule has 0 unspecified atom stereocenters. The van der Waals surface area contributed by atoms with Crippen LogP contribution >= 0.6 is 0 Å². The molecular formula is C27H20N2O4S. The van der Waals surface area contributed by atoms with Crippen LogP contribution in [0.1, 0.15) is 11.1 Å². The lowest BCUT2D eigenvalue weighted by Crippen LogP contribution is -2.13. The van der Waals surface area contributed by atoms with E-state index < -0.39 is 16.0 Å². The number of hydrogen-bond donors (Lipinski definition) is 1. The van der Waals surface area contributed by atoms with E-state index in [0.29, 0.717) is 11.3 Å². The molecule has 0 saturated carbocycles. The van der Waals surface area contributed by atoms with E-state index in [1.54, 1.807) is 30.3 Å². The van der Waals surface area contributed by atoms with Crippen molar-refractivity contribution in [2.24, 2.45) is 0 Å². The summed E-state index contributed by atoms with van der Waals surface area (Å²) in [5.74, 6) is -0.502. The molecule has 0 aliphatic heterocycles. The number of nitrogens with zero attached hydrogens (tertiary/aromatic N) is 1. The topological polar surface area (TPSA) is 96.3 Å². The maximum absolute atomic E-state index is 12.7. The van der Waals surface area contributed by atoms with Gasteiger partial charge in [-0.1, -0.05) is 60.2 Å². The van der Waals surface area contributed by atoms with Gasteiger partial charge in [-0.15, -0.1) is 0 Å². The zero-order chi connectivity index (χ0) is 24.1. The molecule has 0 fully saturated rings. The minimum Gasteiger partial charge on any atom is -0.379 e. The minimum absolute atomic E-state index is 0.0338. The third-order valence-corrected chi connectivity index (χ3v) is 6.32. The molecule has 1 amide bonds. The van der Waals surface area contributed by atoms with Crippen LogP contribution in [0.15, 0.2) is 101 Å². The molecule has 0 radical (unpaired) electrons. The van der Waals surface area contributed by atoms with Crippen LogP contribution in [0, 0.1) is 18.3 Å². The van der Waals surface area contributed by atoms with Crippen molar-refractivity contribution in [2.45, 2.75) is 11.8 Å². The van der Waals surface area contributed by atoms with Crippen LogP contribution in [0.3, 0.4) is 0 Å². The van der Waals surface area contributed by atoms with Gasteiger partial charge in [-0.2, -0.15) is 13.7 Å². The van der Waals surface area contributed by atoms with Crippen LogP contribution in [-0.2, 0) is 14.9 Å². The van der Waals surface area contributed by atoms with Gasteiger partial charge in [0.25, 0.3) is 5.91 Å². The summed E-state index contributed by atoms with van der Waals surface area (Å²) >= 11 is 0. The Hall–Kier alpha value is -4.41. The standard InChI is InChI=1S/C27H20N2O4S/c1-19-9-13-26(14-10-19)34(31,32)33-25-8-4-5-20(16-25)15-23(18-28)27(30)29-24-12-11-21-6-2-3-7-22(21)17-24/h2-17H,1H3,(H,29,30)/b23-15+. The highest BCUT2D eigenvalue weighted by Gasteiger charge is 2.17. The van der Waals surface area contributed by atoms with E-state index in [4.69, 9.17) is 4.18 Å². The predicted molar refractivity (Wildman–Crippen MR) is 132 cm³/mol. The van der Waals surface area contributed by atoms with Crippen molar-refractivity contribution in [1.82, 2.24) is 0 Å². The second-order valence-corrected chi connectivity index (χ2v) is 9.16. The molecule has 0 aliphatic carbocycles. The van der Waals surface area contributed by atoms with Crippen LogP contribution in [0.25, 0.3) is 16.8 Å². The number of fused-ring (bicyclic) bond motifs is 1. The Balaban J connectivity index is 1.53. The monoisotopic (exact) mass is 468 g/mol. The van der Waals surface area contributed by atoms with E-state index in [2.05, 4.69) is 5.32 Å². The van der Waals surface area contributed by atoms with E-state index in [1.165, 1.54) is 30.3 Å². The summed E-state index contributed by atoms with van der Waals surface area (Å²) in [7, 11) is -4.02. The Morgan fingerprint density at radius 1 is 0.912 bits per heavy atom. The first-order chi connectivity index (χ1) is 16.3. The normalized spacial score (nSPS) is 11.6. The highest BCUT2D eigenvalue weighted by Crippen LogP contribution is 2.23. The fourth-order valence-corrected chi connectivity index (χ4v) is 4.24. The molecule has 0 atom stereocenters. The van der Waals surface area contributed by atoms with E-state index in [0.717, 1.165) is 16.3 Å². The highest BCUT2D eigenvalue weighted by molar-refractivity contribution is 7.87. The summed E-state index contributed by atoms with van der Waals surface area (Å²) in [4.78, 5) is 12.7. The maximum atomic E-state index is 12.7. The molecule has 0 spiro atoms. The van der Waals surface area contributed by atoms with Gasteiger partial charge in [-0.05, 0) is 65.7 Å². The Morgan fingerprint density at radius 3 is 2.38 bits per heavy atom. The fourth-order valence-electron chi connectivity index (χ4n) is 3.32. The molecule has 6 nitrogen and oxygen atoms in total. The van der Waals surface area contributed by atoms with E-state index in [9.17, 15) is 18.5 Å². The van der Waals surface area contributed by atoms with Gasteiger partial charge in [0, 0.05) is 5.69 Å². The Morgan fingerprint density at radius 2 is 1.65 bits per heavy atom. The number of amides is 1. The molecule has 4 aromatic carbocycles. The van der Waals surface area contributed by atoms with E-state index in [-0.39, 0.29) is 16.2 Å². The second kappa shape index (κ2) is 9.61. The van der Waals surface area contributed by atoms with Crippen LogP contribution < -0.4 is 9.50 Å². The second-order valence-electron chi connectivity index (χ2n) is 7.61. The third-order valence-electron chi connectivity index (χ3n) is 5.06. The predicted octanol–water partition coefficient (Wildman–Crippen LogP) is 5.46. The zero-order valence-corrected chi connectivity index (χ0v) is 19.0. The summed E-state index contributed by atoms with van der Waals surface area (Å²) in [6.07, 6.45) is 1.38. The largest absolute Gasteiger partial charge is 0.379 e. The number of benzene rings is 4. The molecule has 0 aliphatic rings. The van der Waals surface area contributed by atoms with Crippen LogP contribution in [0.5, 0.6) is 5.75 Å². The molecule has 0 saturated heterocycles. The van der Waals surface area contributed by atoms with Crippen molar-refractivity contribution in [3.63, 3.8) is 0 Å². The quantitative estimate of drug-likeness (QED) is 0.230. The number of rotatable bonds is 6. The lowest BCUT2D eigenvalue weighted by atomic mass is 10.1. The van der Waals surface area contributed by atoms with Gasteiger partial charge in [-0.25, -0.2) is 0 Å². The summed E-state index contributed by atoms with van der Waals surface area (Å²) in [5.41, 5.74) is 1.80. The first kappa shape index (κ1) is 22.8. The average Bonchev–Trinajstić information content (AvgIpc) is 2.82. The number of aryl methyl sites for hydroxylation is 1. The van der Waals surface area contributed by atoms with Gasteiger partial charge >= 0.3 is 10.1 Å². The lowest BCUT2D eigenvalue weighted by molar-refractivity contribution is -0.112. The Kier molecular flexibility index (Phi) is 6.44. The molecule has 4 rings (SSSR count). The number of nitrogens with one attached hydrogen (secondary N) is 1. The van der Waals surface area contributed by atoms with Crippen molar-refractivity contribution < 1.29 is 17.4 Å². The maximum Gasteiger partial charge on any atom is 0.339 e. The molecule has 4 aromatic rings. The van der Waals surface area contributed by atoms with Gasteiger partial charge in [0.1, 0.15) is 22.3 Å². The van der Waals surface area contributed by atoms with E-state index in [1.807, 2.05) is 49.4 Å². The molecular weight excluding hydrogens is 448 g/mol. The smallest absolute Gasteiger partial charge is 0.339 e. The van der Waals surface area contributed by atoms with Gasteiger partial charge < -0.3 is 9.50 Å². The van der Waals surface area contributed by atoms with Crippen LogP contribution in [0.2, 0.25) is 0 Å². The summed E-state index contributed by atoms with van der Waals surface area (Å²) in [5, 5.41) is 14.3. The molecule has 0 heterocycles. The number of nitriles is 1. The zero-order valence-electron chi connectivity index (χ0n) is 18.2. The van der Waals surface area contributed by atoms with Crippen molar-refractivity contribution in [3.05, 3.63) is 108 Å². The lowest BCUT2D eigenvalue weighted by Gasteiger charge is -2.08. The SMILES string of the molecule is Cc1ccc(S(=O)(=O)Oc2cccc(/C=C(\C#N)C(=O)Nc3ccc4ccccc4c3)c2)cc1. The van der Waals surface area contributed by atoms with E-state index >= 15 is 0 Å². The first-order valence-corrected chi connectivity index (χ1v) is 11.8. The molecule has 34 heavy (non-hydrogen) atoms. The van der Waals surface area contributed by atoms with Crippen LogP contribution in [-0.4, -0.2) is 14.3 Å². The first-order valence-electron chi connectivity index (χ1n) is 10.4. The van der Waals surface area contributed by atoms with Gasteiger partial charge in [0.05, 0.1) is 0 Å². The molecule has 7 heteroatoms. The average molecular weight is 469 g/mol. The summed E-state index contributed by atoms with van der Waals surface area (Å²) in [6, 6.07) is 27.6. The Labute approximate surface area is 197 Å². The van der Waals surface area contributed by atoms with Crippen molar-refractivity contribution in [2.75, 3.05) is 5.32 Å². The van der Waals surface area contributed by atoms with Gasteiger partial charge in [0.15, 0.2) is 0 Å². The number of hydrogen-bond acceptors (Lipinski definition) is 5. The van der Waals surface area contributed by atoms with Crippen molar-refractivity contribution in [3.8, 4) is 11.8 Å². The number of anilines is 1.